The summed E-state index contributed by atoms with van der Waals surface area (Å²) in [5, 5.41) is 15.8. The first kappa shape index (κ1) is 14.1. The quantitative estimate of drug-likeness (QED) is 0.941. The number of nitrogens with zero attached hydrogens (tertiary/aromatic N) is 4. The molecule has 0 unspecified atom stereocenters. The topological polar surface area (TPSA) is 64.8 Å². The molecule has 0 bridgehead atoms. The molecular formula is C14H14ClN5S. The highest BCUT2D eigenvalue weighted by Crippen LogP contribution is 2.24. The SMILES string of the molecule is N#Cc1nc(NC2CCN(c3nccs3)CC2)ccc1Cl. The molecule has 1 aliphatic rings. The zero-order valence-electron chi connectivity index (χ0n) is 11.3. The Balaban J connectivity index is 1.59. The fraction of sp³-hybridized carbons (Fsp3) is 0.357. The van der Waals surface area contributed by atoms with Crippen molar-refractivity contribution in [1.29, 1.82) is 5.26 Å². The number of hydrogen-bond acceptors (Lipinski definition) is 6. The fourth-order valence-electron chi connectivity index (χ4n) is 2.40. The highest BCUT2D eigenvalue weighted by Gasteiger charge is 2.21. The summed E-state index contributed by atoms with van der Waals surface area (Å²) in [7, 11) is 0. The molecule has 0 atom stereocenters. The molecule has 108 valence electrons. The van der Waals surface area contributed by atoms with E-state index in [4.69, 9.17) is 16.9 Å². The van der Waals surface area contributed by atoms with Gasteiger partial charge in [0.25, 0.3) is 0 Å². The smallest absolute Gasteiger partial charge is 0.185 e. The number of nitriles is 1. The third-order valence-electron chi connectivity index (χ3n) is 3.49. The Bertz CT molecular complexity index is 644. The highest BCUT2D eigenvalue weighted by molar-refractivity contribution is 7.13. The Morgan fingerprint density at radius 1 is 1.38 bits per heavy atom. The second kappa shape index (κ2) is 6.29. The van der Waals surface area contributed by atoms with Crippen LogP contribution in [0.3, 0.4) is 0 Å². The molecule has 1 aliphatic heterocycles. The predicted molar refractivity (Wildman–Crippen MR) is 84.9 cm³/mol. The summed E-state index contributed by atoms with van der Waals surface area (Å²) < 4.78 is 0. The van der Waals surface area contributed by atoms with Gasteiger partial charge in [-0.3, -0.25) is 0 Å². The molecule has 0 aromatic carbocycles. The molecule has 7 heteroatoms. The lowest BCUT2D eigenvalue weighted by atomic mass is 10.1. The lowest BCUT2D eigenvalue weighted by molar-refractivity contribution is 0.525. The van der Waals surface area contributed by atoms with Crippen LogP contribution in [0.4, 0.5) is 10.9 Å². The second-order valence-corrected chi connectivity index (χ2v) is 6.14. The van der Waals surface area contributed by atoms with Crippen LogP contribution in [0.25, 0.3) is 0 Å². The summed E-state index contributed by atoms with van der Waals surface area (Å²) in [6.45, 7) is 1.95. The van der Waals surface area contributed by atoms with Crippen LogP contribution in [-0.4, -0.2) is 29.1 Å². The van der Waals surface area contributed by atoms with E-state index in [2.05, 4.69) is 20.2 Å². The lowest BCUT2D eigenvalue weighted by Crippen LogP contribution is -2.39. The average Bonchev–Trinajstić information content (AvgIpc) is 3.04. The van der Waals surface area contributed by atoms with Gasteiger partial charge < -0.3 is 10.2 Å². The van der Waals surface area contributed by atoms with Crippen molar-refractivity contribution in [2.24, 2.45) is 0 Å². The molecule has 2 aromatic rings. The van der Waals surface area contributed by atoms with Crippen LogP contribution in [0, 0.1) is 11.3 Å². The van der Waals surface area contributed by atoms with Gasteiger partial charge in [-0.25, -0.2) is 9.97 Å². The molecule has 3 heterocycles. The van der Waals surface area contributed by atoms with Gasteiger partial charge in [0.2, 0.25) is 0 Å². The number of anilines is 2. The average molecular weight is 320 g/mol. The van der Waals surface area contributed by atoms with Crippen molar-refractivity contribution in [2.45, 2.75) is 18.9 Å². The van der Waals surface area contributed by atoms with E-state index in [-0.39, 0.29) is 5.69 Å². The van der Waals surface area contributed by atoms with Crippen molar-refractivity contribution in [3.63, 3.8) is 0 Å². The largest absolute Gasteiger partial charge is 0.367 e. The molecule has 0 aliphatic carbocycles. The zero-order valence-corrected chi connectivity index (χ0v) is 12.9. The number of nitrogens with one attached hydrogen (secondary N) is 1. The van der Waals surface area contributed by atoms with Gasteiger partial charge in [-0.05, 0) is 25.0 Å². The van der Waals surface area contributed by atoms with E-state index >= 15 is 0 Å². The third kappa shape index (κ3) is 3.26. The van der Waals surface area contributed by atoms with Crippen LogP contribution in [0.5, 0.6) is 0 Å². The molecular weight excluding hydrogens is 306 g/mol. The maximum atomic E-state index is 8.95. The summed E-state index contributed by atoms with van der Waals surface area (Å²) in [5.74, 6) is 0.712. The molecule has 5 nitrogen and oxygen atoms in total. The van der Waals surface area contributed by atoms with Crippen molar-refractivity contribution in [2.75, 3.05) is 23.3 Å². The minimum atomic E-state index is 0.266. The van der Waals surface area contributed by atoms with E-state index in [0.29, 0.717) is 16.9 Å². The normalized spacial score (nSPS) is 15.7. The van der Waals surface area contributed by atoms with Crippen LogP contribution < -0.4 is 10.2 Å². The number of pyridine rings is 1. The van der Waals surface area contributed by atoms with Crippen LogP contribution in [0.1, 0.15) is 18.5 Å². The molecule has 0 amide bonds. The number of rotatable bonds is 3. The van der Waals surface area contributed by atoms with E-state index in [0.717, 1.165) is 31.1 Å². The standard InChI is InChI=1S/C14H14ClN5S/c15-11-1-2-13(19-12(11)9-16)18-10-3-6-20(7-4-10)14-17-5-8-21-14/h1-2,5,8,10H,3-4,6-7H2,(H,18,19). The van der Waals surface area contributed by atoms with Crippen LogP contribution >= 0.6 is 22.9 Å². The summed E-state index contributed by atoms with van der Waals surface area (Å²) in [4.78, 5) is 10.9. The van der Waals surface area contributed by atoms with E-state index < -0.39 is 0 Å². The molecule has 1 fully saturated rings. The van der Waals surface area contributed by atoms with Crippen molar-refractivity contribution < 1.29 is 0 Å². The molecule has 0 saturated carbocycles. The molecule has 1 saturated heterocycles. The molecule has 0 spiro atoms. The number of halogens is 1. The number of piperidine rings is 1. The lowest BCUT2D eigenvalue weighted by Gasteiger charge is -2.32. The van der Waals surface area contributed by atoms with E-state index in [1.54, 1.807) is 17.4 Å². The van der Waals surface area contributed by atoms with Gasteiger partial charge in [-0.15, -0.1) is 11.3 Å². The van der Waals surface area contributed by atoms with Crippen LogP contribution in [0.2, 0.25) is 5.02 Å². The van der Waals surface area contributed by atoms with Crippen molar-refractivity contribution in [1.82, 2.24) is 9.97 Å². The van der Waals surface area contributed by atoms with E-state index in [1.165, 1.54) is 0 Å². The van der Waals surface area contributed by atoms with Gasteiger partial charge in [-0.2, -0.15) is 5.26 Å². The molecule has 2 aromatic heterocycles. The van der Waals surface area contributed by atoms with Gasteiger partial charge in [0.15, 0.2) is 10.8 Å². The molecule has 1 N–H and O–H groups in total. The molecule has 21 heavy (non-hydrogen) atoms. The third-order valence-corrected chi connectivity index (χ3v) is 4.63. The first-order valence-electron chi connectivity index (χ1n) is 6.74. The second-order valence-electron chi connectivity index (χ2n) is 4.86. The van der Waals surface area contributed by atoms with Crippen LogP contribution in [-0.2, 0) is 0 Å². The van der Waals surface area contributed by atoms with Crippen molar-refractivity contribution >= 4 is 33.9 Å². The van der Waals surface area contributed by atoms with Crippen molar-refractivity contribution in [3.8, 4) is 6.07 Å². The van der Waals surface area contributed by atoms with Gasteiger partial charge in [0, 0.05) is 30.7 Å². The van der Waals surface area contributed by atoms with Gasteiger partial charge in [-0.1, -0.05) is 11.6 Å². The van der Waals surface area contributed by atoms with Gasteiger partial charge in [0.1, 0.15) is 11.9 Å². The molecule has 3 rings (SSSR count). The highest BCUT2D eigenvalue weighted by atomic mass is 35.5. The number of hydrogen-bond donors (Lipinski definition) is 1. The maximum Gasteiger partial charge on any atom is 0.185 e. The molecule has 0 radical (unpaired) electrons. The summed E-state index contributed by atoms with van der Waals surface area (Å²) >= 11 is 7.56. The Hall–Kier alpha value is -1.84. The first-order chi connectivity index (χ1) is 10.3. The minimum absolute atomic E-state index is 0.266. The Kier molecular flexibility index (Phi) is 4.23. The fourth-order valence-corrected chi connectivity index (χ4v) is 3.24. The zero-order chi connectivity index (χ0) is 14.7. The Morgan fingerprint density at radius 3 is 2.86 bits per heavy atom. The summed E-state index contributed by atoms with van der Waals surface area (Å²) in [5.41, 5.74) is 0.266. The van der Waals surface area contributed by atoms with E-state index in [9.17, 15) is 0 Å². The van der Waals surface area contributed by atoms with E-state index in [1.807, 2.05) is 23.7 Å². The first-order valence-corrected chi connectivity index (χ1v) is 7.99. The van der Waals surface area contributed by atoms with Crippen LogP contribution in [0.15, 0.2) is 23.7 Å². The Labute approximate surface area is 132 Å². The summed E-state index contributed by atoms with van der Waals surface area (Å²) in [6, 6.07) is 5.89. The predicted octanol–water partition coefficient (Wildman–Crippen LogP) is 3.14. The maximum absolute atomic E-state index is 8.95. The Morgan fingerprint density at radius 2 is 2.19 bits per heavy atom. The van der Waals surface area contributed by atoms with Gasteiger partial charge >= 0.3 is 0 Å². The number of thiazole rings is 1. The number of aromatic nitrogens is 2. The van der Waals surface area contributed by atoms with Gasteiger partial charge in [0.05, 0.1) is 5.02 Å². The van der Waals surface area contributed by atoms with Crippen molar-refractivity contribution in [3.05, 3.63) is 34.4 Å². The summed E-state index contributed by atoms with van der Waals surface area (Å²) in [6.07, 6.45) is 3.88. The minimum Gasteiger partial charge on any atom is -0.367 e. The monoisotopic (exact) mass is 319 g/mol.